The second-order valence-electron chi connectivity index (χ2n) is 1.25. The zero-order chi connectivity index (χ0) is 6.57. The molecule has 1 unspecified atom stereocenters. The molecule has 0 fully saturated rings. The standard InChI is InChI=1S/C3H6BrO3P/c4-8(7)2-1-3(5)6/h8H,1-2H2,(H,5,6). The van der Waals surface area contributed by atoms with Crippen LogP contribution < -0.4 is 0 Å². The average molecular weight is 201 g/mol. The molecule has 0 heterocycles. The van der Waals surface area contributed by atoms with Crippen molar-refractivity contribution in [3.05, 3.63) is 0 Å². The second-order valence-corrected chi connectivity index (χ2v) is 5.11. The van der Waals surface area contributed by atoms with E-state index < -0.39 is 12.5 Å². The lowest BCUT2D eigenvalue weighted by Crippen LogP contribution is -1.94. The summed E-state index contributed by atoms with van der Waals surface area (Å²) in [5, 5.41) is 8.02. The molecule has 0 spiro atoms. The van der Waals surface area contributed by atoms with E-state index in [2.05, 4.69) is 15.5 Å². The zero-order valence-corrected chi connectivity index (χ0v) is 6.64. The first kappa shape index (κ1) is 8.18. The van der Waals surface area contributed by atoms with Crippen molar-refractivity contribution in [1.82, 2.24) is 0 Å². The summed E-state index contributed by atoms with van der Waals surface area (Å²) < 4.78 is 10.2. The van der Waals surface area contributed by atoms with Crippen molar-refractivity contribution in [3.63, 3.8) is 0 Å². The third-order valence-corrected chi connectivity index (χ3v) is 2.37. The maximum Gasteiger partial charge on any atom is 0.303 e. The highest BCUT2D eigenvalue weighted by Gasteiger charge is 1.97. The summed E-state index contributed by atoms with van der Waals surface area (Å²) in [6.07, 6.45) is 0.239. The normalized spacial score (nSPS) is 13.1. The second kappa shape index (κ2) is 4.10. The lowest BCUT2D eigenvalue weighted by Gasteiger charge is -1.85. The van der Waals surface area contributed by atoms with E-state index >= 15 is 0 Å². The molecular formula is C3H6BrO3P. The van der Waals surface area contributed by atoms with E-state index in [4.69, 9.17) is 5.11 Å². The van der Waals surface area contributed by atoms with Gasteiger partial charge in [0.25, 0.3) is 0 Å². The van der Waals surface area contributed by atoms with Gasteiger partial charge in [0.2, 0.25) is 0 Å². The number of rotatable bonds is 3. The molecular weight excluding hydrogens is 195 g/mol. The van der Waals surface area contributed by atoms with Crippen LogP contribution in [0.4, 0.5) is 0 Å². The van der Waals surface area contributed by atoms with Crippen molar-refractivity contribution in [2.75, 3.05) is 6.16 Å². The van der Waals surface area contributed by atoms with Crippen molar-refractivity contribution in [2.24, 2.45) is 0 Å². The molecule has 8 heavy (non-hydrogen) atoms. The average Bonchev–Trinajstić information content (AvgIpc) is 1.61. The van der Waals surface area contributed by atoms with Crippen LogP contribution in [0.15, 0.2) is 0 Å². The first-order valence-electron chi connectivity index (χ1n) is 2.03. The van der Waals surface area contributed by atoms with Crippen LogP contribution >= 0.6 is 22.0 Å². The summed E-state index contributed by atoms with van der Waals surface area (Å²) in [5.74, 6) is -0.900. The SMILES string of the molecule is O=C(O)CC[PH](=O)Br. The molecule has 0 aromatic heterocycles. The molecule has 0 aromatic carbocycles. The first-order valence-corrected chi connectivity index (χ1v) is 5.90. The molecule has 1 N–H and O–H groups in total. The van der Waals surface area contributed by atoms with Crippen LogP contribution in [0.1, 0.15) is 6.42 Å². The van der Waals surface area contributed by atoms with Crippen LogP contribution in [0.25, 0.3) is 0 Å². The van der Waals surface area contributed by atoms with E-state index in [0.29, 0.717) is 0 Å². The minimum atomic E-state index is -1.75. The van der Waals surface area contributed by atoms with Crippen LogP contribution in [0.2, 0.25) is 0 Å². The number of halogens is 1. The number of carboxylic acid groups (broad SMARTS) is 1. The van der Waals surface area contributed by atoms with Gasteiger partial charge in [0.15, 0.2) is 0 Å². The predicted octanol–water partition coefficient (Wildman–Crippen LogP) is 1.33. The van der Waals surface area contributed by atoms with Gasteiger partial charge < -0.3 is 9.67 Å². The smallest absolute Gasteiger partial charge is 0.303 e. The largest absolute Gasteiger partial charge is 0.481 e. The molecule has 0 aliphatic carbocycles. The number of carbonyl (C=O) groups is 1. The minimum absolute atomic E-state index is 0.0109. The van der Waals surface area contributed by atoms with Gasteiger partial charge in [-0.3, -0.25) is 4.79 Å². The molecule has 48 valence electrons. The maximum atomic E-state index is 10.2. The number of hydrogen-bond acceptors (Lipinski definition) is 2. The number of carboxylic acids is 1. The van der Waals surface area contributed by atoms with Crippen molar-refractivity contribution >= 4 is 28.0 Å². The van der Waals surface area contributed by atoms with Crippen molar-refractivity contribution < 1.29 is 14.5 Å². The molecule has 0 saturated heterocycles. The summed E-state index contributed by atoms with van der Waals surface area (Å²) in [6, 6.07) is 0. The third-order valence-electron chi connectivity index (χ3n) is 0.535. The Bertz CT molecular complexity index is 99.1. The molecule has 0 aliphatic heterocycles. The lowest BCUT2D eigenvalue weighted by atomic mass is 10.5. The first-order chi connectivity index (χ1) is 3.63. The molecule has 3 nitrogen and oxygen atoms in total. The van der Waals surface area contributed by atoms with Gasteiger partial charge in [0.05, 0.1) is 6.42 Å². The Morgan fingerprint density at radius 2 is 2.25 bits per heavy atom. The fraction of sp³-hybridized carbons (Fsp3) is 0.667. The van der Waals surface area contributed by atoms with Crippen molar-refractivity contribution in [2.45, 2.75) is 6.42 Å². The van der Waals surface area contributed by atoms with Gasteiger partial charge in [0, 0.05) is 6.16 Å². The Labute approximate surface area is 55.6 Å². The van der Waals surface area contributed by atoms with Gasteiger partial charge in [0.1, 0.15) is 6.50 Å². The minimum Gasteiger partial charge on any atom is -0.481 e. The molecule has 0 rings (SSSR count). The molecule has 0 radical (unpaired) electrons. The Morgan fingerprint density at radius 1 is 1.75 bits per heavy atom. The molecule has 1 atom stereocenters. The Balaban J connectivity index is 3.18. The van der Waals surface area contributed by atoms with Gasteiger partial charge in [-0.05, 0) is 15.5 Å². The summed E-state index contributed by atoms with van der Waals surface area (Å²) in [7, 11) is 0. The highest BCUT2D eigenvalue weighted by molar-refractivity contribution is 9.37. The third kappa shape index (κ3) is 6.18. The number of hydrogen-bond donors (Lipinski definition) is 1. The van der Waals surface area contributed by atoms with Gasteiger partial charge in [-0.25, -0.2) is 0 Å². The fourth-order valence-electron chi connectivity index (χ4n) is 0.205. The van der Waals surface area contributed by atoms with Gasteiger partial charge in [-0.2, -0.15) is 0 Å². The van der Waals surface area contributed by atoms with Crippen molar-refractivity contribution in [3.8, 4) is 0 Å². The fourth-order valence-corrected chi connectivity index (χ4v) is 1.21. The van der Waals surface area contributed by atoms with Crippen LogP contribution in [0, 0.1) is 0 Å². The van der Waals surface area contributed by atoms with Gasteiger partial charge in [-0.15, -0.1) is 0 Å². The zero-order valence-electron chi connectivity index (χ0n) is 4.06. The van der Waals surface area contributed by atoms with E-state index in [0.717, 1.165) is 0 Å². The van der Waals surface area contributed by atoms with Gasteiger partial charge in [-0.1, -0.05) is 0 Å². The van der Waals surface area contributed by atoms with E-state index in [1.807, 2.05) is 0 Å². The van der Waals surface area contributed by atoms with Crippen LogP contribution in [-0.4, -0.2) is 17.2 Å². The Hall–Kier alpha value is 0.180. The molecule has 0 bridgehead atoms. The molecule has 0 aliphatic rings. The predicted molar refractivity (Wildman–Crippen MR) is 35.0 cm³/mol. The molecule has 5 heteroatoms. The highest BCUT2D eigenvalue weighted by atomic mass is 79.9. The highest BCUT2D eigenvalue weighted by Crippen LogP contribution is 2.29. The summed E-state index contributed by atoms with van der Waals surface area (Å²) >= 11 is 2.79. The van der Waals surface area contributed by atoms with E-state index in [1.54, 1.807) is 0 Å². The van der Waals surface area contributed by atoms with Gasteiger partial charge >= 0.3 is 5.97 Å². The van der Waals surface area contributed by atoms with Crippen molar-refractivity contribution in [1.29, 1.82) is 0 Å². The summed E-state index contributed by atoms with van der Waals surface area (Å²) in [5.41, 5.74) is 0. The Kier molecular flexibility index (Phi) is 4.19. The summed E-state index contributed by atoms with van der Waals surface area (Å²) in [6.45, 7) is -1.75. The topological polar surface area (TPSA) is 54.4 Å². The number of aliphatic carboxylic acids is 1. The quantitative estimate of drug-likeness (QED) is 0.700. The molecule has 0 amide bonds. The van der Waals surface area contributed by atoms with Crippen LogP contribution in [-0.2, 0) is 9.36 Å². The monoisotopic (exact) mass is 200 g/mol. The Morgan fingerprint density at radius 3 is 2.38 bits per heavy atom. The lowest BCUT2D eigenvalue weighted by molar-refractivity contribution is -0.136. The van der Waals surface area contributed by atoms with Crippen LogP contribution in [0.3, 0.4) is 0 Å². The van der Waals surface area contributed by atoms with Crippen LogP contribution in [0.5, 0.6) is 0 Å². The molecule has 0 aromatic rings. The summed E-state index contributed by atoms with van der Waals surface area (Å²) in [4.78, 5) is 9.76. The van der Waals surface area contributed by atoms with E-state index in [1.165, 1.54) is 0 Å². The molecule has 0 saturated carbocycles. The van der Waals surface area contributed by atoms with E-state index in [-0.39, 0.29) is 12.6 Å². The van der Waals surface area contributed by atoms with E-state index in [9.17, 15) is 9.36 Å². The maximum absolute atomic E-state index is 10.2.